The minimum atomic E-state index is 1.22. The van der Waals surface area contributed by atoms with Gasteiger partial charge in [0.05, 0.1) is 0 Å². The molecule has 0 saturated heterocycles. The molecular weight excluding hydrogens is 793 g/mol. The van der Waals surface area contributed by atoms with Crippen LogP contribution in [0.2, 0.25) is 0 Å². The molecule has 0 N–H and O–H groups in total. The molecule has 0 aliphatic rings. The topological polar surface area (TPSA) is 0 Å². The highest BCUT2D eigenvalue weighted by molar-refractivity contribution is 6.40. The summed E-state index contributed by atoms with van der Waals surface area (Å²) in [5.41, 5.74) is 9.89. The largest absolute Gasteiger partial charge is 0.0616 e. The average molecular weight is 833 g/mol. The van der Waals surface area contributed by atoms with Gasteiger partial charge in [-0.15, -0.1) is 0 Å². The van der Waals surface area contributed by atoms with Crippen LogP contribution < -0.4 is 0 Å². The van der Waals surface area contributed by atoms with Gasteiger partial charge in [0.1, 0.15) is 0 Å². The lowest BCUT2D eigenvalue weighted by molar-refractivity contribution is 1.66. The van der Waals surface area contributed by atoms with Crippen LogP contribution in [0.5, 0.6) is 0 Å². The standard InChI is InChI=1S/C66H40/c1-3-15-43-37-45(31-29-41(43)13-1)49-21-9-27-55-51(23-11-25-53(49)55)47-33-35-59-57-17-5-8-20-62(57)66-64-40-48(34-36-60(64)58-18-6-7-19-61(58)65(66)63(59)39-47)52-24-12-26-54-50(22-10-28-56(52)54)46-32-30-42-14-2-4-16-44(42)38-46/h1-40H. The number of rotatable bonds is 4. The van der Waals surface area contributed by atoms with Gasteiger partial charge in [0.25, 0.3) is 0 Å². The molecule has 14 rings (SSSR count). The van der Waals surface area contributed by atoms with E-state index in [0.717, 1.165) is 0 Å². The Labute approximate surface area is 382 Å². The molecule has 14 aromatic rings. The SMILES string of the molecule is c1ccc2cc(-c3cccc4c(-c5ccc6c7ccccc7c7c8cc(-c9cccc%10c(-c%11ccc%12ccccc%12c%11)cccc9%10)ccc8c8ccccc8c7c6c5)cccc34)ccc2c1. The second-order valence-corrected chi connectivity index (χ2v) is 17.9. The summed E-state index contributed by atoms with van der Waals surface area (Å²) in [6, 6.07) is 90.6. The summed E-state index contributed by atoms with van der Waals surface area (Å²) >= 11 is 0. The van der Waals surface area contributed by atoms with E-state index in [1.165, 1.54) is 141 Å². The maximum absolute atomic E-state index is 2.47. The fraction of sp³-hybridized carbons (Fsp3) is 0. The summed E-state index contributed by atoms with van der Waals surface area (Å²) in [5.74, 6) is 0. The Morgan fingerprint density at radius 2 is 0.439 bits per heavy atom. The van der Waals surface area contributed by atoms with Crippen LogP contribution >= 0.6 is 0 Å². The van der Waals surface area contributed by atoms with E-state index in [-0.39, 0.29) is 0 Å². The molecule has 0 fully saturated rings. The molecule has 0 aliphatic carbocycles. The number of fused-ring (bicyclic) bond motifs is 15. The number of hydrogen-bond donors (Lipinski definition) is 0. The van der Waals surface area contributed by atoms with Crippen molar-refractivity contribution in [3.8, 4) is 44.5 Å². The predicted octanol–water partition coefficient (Wildman–Crippen LogP) is 18.7. The fourth-order valence-electron chi connectivity index (χ4n) is 11.3. The highest BCUT2D eigenvalue weighted by atomic mass is 14.2. The monoisotopic (exact) mass is 832 g/mol. The van der Waals surface area contributed by atoms with Crippen molar-refractivity contribution in [2.45, 2.75) is 0 Å². The number of hydrogen-bond acceptors (Lipinski definition) is 0. The Bertz CT molecular complexity index is 4060. The van der Waals surface area contributed by atoms with Crippen LogP contribution in [-0.4, -0.2) is 0 Å². The smallest absolute Gasteiger partial charge is 0.00137 e. The van der Waals surface area contributed by atoms with Crippen LogP contribution in [0, 0.1) is 0 Å². The van der Waals surface area contributed by atoms with Gasteiger partial charge >= 0.3 is 0 Å². The molecule has 0 aromatic heterocycles. The molecule has 0 aliphatic heterocycles. The summed E-state index contributed by atoms with van der Waals surface area (Å²) < 4.78 is 0. The molecule has 0 heteroatoms. The van der Waals surface area contributed by atoms with Crippen LogP contribution in [0.3, 0.4) is 0 Å². The molecule has 14 aromatic carbocycles. The van der Waals surface area contributed by atoms with Gasteiger partial charge in [0, 0.05) is 0 Å². The van der Waals surface area contributed by atoms with E-state index >= 15 is 0 Å². The molecule has 0 saturated carbocycles. The van der Waals surface area contributed by atoms with Crippen LogP contribution in [-0.2, 0) is 0 Å². The van der Waals surface area contributed by atoms with Crippen molar-refractivity contribution in [2.24, 2.45) is 0 Å². The minimum absolute atomic E-state index is 1.22. The zero-order valence-electron chi connectivity index (χ0n) is 36.1. The normalized spacial score (nSPS) is 11.9. The molecule has 0 bridgehead atoms. The second kappa shape index (κ2) is 14.5. The Hall–Kier alpha value is -8.58. The van der Waals surface area contributed by atoms with Crippen LogP contribution in [0.25, 0.3) is 141 Å². The van der Waals surface area contributed by atoms with Gasteiger partial charge in [-0.25, -0.2) is 0 Å². The summed E-state index contributed by atoms with van der Waals surface area (Å²) in [6.45, 7) is 0. The lowest BCUT2D eigenvalue weighted by Crippen LogP contribution is -1.91. The van der Waals surface area contributed by atoms with Crippen LogP contribution in [0.1, 0.15) is 0 Å². The van der Waals surface area contributed by atoms with Crippen molar-refractivity contribution < 1.29 is 0 Å². The Balaban J connectivity index is 1.01. The van der Waals surface area contributed by atoms with E-state index in [4.69, 9.17) is 0 Å². The molecule has 0 radical (unpaired) electrons. The molecule has 304 valence electrons. The Morgan fingerprint density at radius 3 is 0.833 bits per heavy atom. The lowest BCUT2D eigenvalue weighted by Gasteiger charge is -2.18. The summed E-state index contributed by atoms with van der Waals surface area (Å²) in [4.78, 5) is 0. The minimum Gasteiger partial charge on any atom is -0.0616 e. The third kappa shape index (κ3) is 5.59. The zero-order valence-corrected chi connectivity index (χ0v) is 36.1. The molecule has 0 nitrogen and oxygen atoms in total. The van der Waals surface area contributed by atoms with Crippen molar-refractivity contribution >= 4 is 97.0 Å². The van der Waals surface area contributed by atoms with Gasteiger partial charge < -0.3 is 0 Å². The van der Waals surface area contributed by atoms with Gasteiger partial charge in [0.2, 0.25) is 0 Å². The first-order valence-corrected chi connectivity index (χ1v) is 23.0. The quantitative estimate of drug-likeness (QED) is 0.155. The highest BCUT2D eigenvalue weighted by Crippen LogP contribution is 2.47. The van der Waals surface area contributed by atoms with E-state index in [9.17, 15) is 0 Å². The maximum Gasteiger partial charge on any atom is -0.00137 e. The van der Waals surface area contributed by atoms with Crippen molar-refractivity contribution in [1.82, 2.24) is 0 Å². The van der Waals surface area contributed by atoms with Crippen molar-refractivity contribution in [2.75, 3.05) is 0 Å². The lowest BCUT2D eigenvalue weighted by atomic mass is 9.84. The molecule has 0 atom stereocenters. The first-order chi connectivity index (χ1) is 32.7. The first kappa shape index (κ1) is 36.9. The van der Waals surface area contributed by atoms with Gasteiger partial charge in [-0.1, -0.05) is 218 Å². The fourth-order valence-corrected chi connectivity index (χ4v) is 11.3. The van der Waals surface area contributed by atoms with E-state index < -0.39 is 0 Å². The van der Waals surface area contributed by atoms with Crippen molar-refractivity contribution in [1.29, 1.82) is 0 Å². The van der Waals surface area contributed by atoms with E-state index in [0.29, 0.717) is 0 Å². The third-order valence-corrected chi connectivity index (χ3v) is 14.4. The third-order valence-electron chi connectivity index (χ3n) is 14.4. The van der Waals surface area contributed by atoms with Gasteiger partial charge in [-0.05, 0) is 166 Å². The highest BCUT2D eigenvalue weighted by Gasteiger charge is 2.19. The Kier molecular flexibility index (Phi) is 8.08. The first-order valence-electron chi connectivity index (χ1n) is 23.0. The van der Waals surface area contributed by atoms with Crippen LogP contribution in [0.15, 0.2) is 243 Å². The summed E-state index contributed by atoms with van der Waals surface area (Å²) in [7, 11) is 0. The molecule has 0 amide bonds. The van der Waals surface area contributed by atoms with E-state index in [2.05, 4.69) is 243 Å². The summed E-state index contributed by atoms with van der Waals surface area (Å²) in [5, 5.41) is 22.9. The van der Waals surface area contributed by atoms with E-state index in [1.54, 1.807) is 0 Å². The molecule has 66 heavy (non-hydrogen) atoms. The van der Waals surface area contributed by atoms with E-state index in [1.807, 2.05) is 0 Å². The van der Waals surface area contributed by atoms with Gasteiger partial charge in [0.15, 0.2) is 0 Å². The molecule has 0 unspecified atom stereocenters. The molecule has 0 spiro atoms. The number of benzene rings is 14. The summed E-state index contributed by atoms with van der Waals surface area (Å²) in [6.07, 6.45) is 0. The van der Waals surface area contributed by atoms with Crippen LogP contribution in [0.4, 0.5) is 0 Å². The second-order valence-electron chi connectivity index (χ2n) is 17.9. The van der Waals surface area contributed by atoms with Crippen molar-refractivity contribution in [3.05, 3.63) is 243 Å². The Morgan fingerprint density at radius 1 is 0.152 bits per heavy atom. The molecular formula is C66H40. The molecule has 0 heterocycles. The van der Waals surface area contributed by atoms with Gasteiger partial charge in [-0.3, -0.25) is 0 Å². The predicted molar refractivity (Wildman–Crippen MR) is 286 cm³/mol. The maximum atomic E-state index is 2.47. The average Bonchev–Trinajstić information content (AvgIpc) is 3.39. The van der Waals surface area contributed by atoms with Gasteiger partial charge in [-0.2, -0.15) is 0 Å². The zero-order chi connectivity index (χ0) is 43.3. The van der Waals surface area contributed by atoms with Crippen molar-refractivity contribution in [3.63, 3.8) is 0 Å².